The number of carbonyl (C=O) groups excluding carboxylic acids is 1. The monoisotopic (exact) mass is 487 g/mol. The summed E-state index contributed by atoms with van der Waals surface area (Å²) in [6, 6.07) is 16.0. The first-order valence-corrected chi connectivity index (χ1v) is 11.7. The number of carbonyl (C=O) groups is 1. The molecule has 5 rings (SSSR count). The van der Waals surface area contributed by atoms with Crippen LogP contribution in [0.15, 0.2) is 72.9 Å². The molecule has 3 aromatic carbocycles. The number of fused-ring (bicyclic) bond motifs is 2. The summed E-state index contributed by atoms with van der Waals surface area (Å²) >= 11 is 0. The van der Waals surface area contributed by atoms with Crippen molar-refractivity contribution in [3.05, 3.63) is 89.9 Å². The molecule has 2 heterocycles. The summed E-state index contributed by atoms with van der Waals surface area (Å²) in [4.78, 5) is 16.5. The van der Waals surface area contributed by atoms with Crippen molar-refractivity contribution in [3.63, 3.8) is 0 Å². The van der Waals surface area contributed by atoms with Crippen molar-refractivity contribution >= 4 is 16.7 Å². The van der Waals surface area contributed by atoms with Crippen molar-refractivity contribution in [1.82, 2.24) is 4.98 Å². The van der Waals surface area contributed by atoms with Gasteiger partial charge in [-0.05, 0) is 59.5 Å². The highest BCUT2D eigenvalue weighted by Gasteiger charge is 2.22. The number of para-hydroxylation sites is 1. The highest BCUT2D eigenvalue weighted by molar-refractivity contribution is 6.08. The molecular formula is C29H26FNO5. The van der Waals surface area contributed by atoms with Crippen molar-refractivity contribution < 1.29 is 28.5 Å². The van der Waals surface area contributed by atoms with E-state index >= 15 is 0 Å². The normalized spacial score (nSPS) is 13.8. The number of nitrogens with one attached hydrogen (secondary N) is 1. The van der Waals surface area contributed by atoms with E-state index in [1.165, 1.54) is 19.3 Å². The van der Waals surface area contributed by atoms with Crippen LogP contribution in [-0.4, -0.2) is 42.8 Å². The predicted molar refractivity (Wildman–Crippen MR) is 135 cm³/mol. The number of aliphatic hydroxyl groups excluding tert-OH is 1. The molecule has 0 bridgehead atoms. The molecule has 184 valence electrons. The van der Waals surface area contributed by atoms with E-state index in [1.807, 2.05) is 30.5 Å². The van der Waals surface area contributed by atoms with Gasteiger partial charge in [-0.3, -0.25) is 4.79 Å². The van der Waals surface area contributed by atoms with Gasteiger partial charge < -0.3 is 24.3 Å². The Bertz CT molecular complexity index is 1440. The van der Waals surface area contributed by atoms with Crippen LogP contribution in [0.1, 0.15) is 15.9 Å². The summed E-state index contributed by atoms with van der Waals surface area (Å²) in [5.74, 6) is -0.0958. The predicted octanol–water partition coefficient (Wildman–Crippen LogP) is 5.34. The second-order valence-corrected chi connectivity index (χ2v) is 8.63. The number of halogens is 1. The number of H-pyrrole nitrogens is 1. The summed E-state index contributed by atoms with van der Waals surface area (Å²) in [5.41, 5.74) is 3.61. The van der Waals surface area contributed by atoms with Gasteiger partial charge >= 0.3 is 0 Å². The quantitative estimate of drug-likeness (QED) is 0.259. The largest absolute Gasteiger partial charge is 0.494 e. The van der Waals surface area contributed by atoms with Gasteiger partial charge in [-0.1, -0.05) is 30.3 Å². The van der Waals surface area contributed by atoms with E-state index in [0.29, 0.717) is 47.8 Å². The van der Waals surface area contributed by atoms with Crippen LogP contribution >= 0.6 is 0 Å². The average molecular weight is 488 g/mol. The maximum atomic E-state index is 14.4. The molecule has 0 unspecified atom stereocenters. The van der Waals surface area contributed by atoms with Gasteiger partial charge in [-0.2, -0.15) is 0 Å². The number of hydrogen-bond acceptors (Lipinski definition) is 5. The molecule has 0 saturated heterocycles. The molecule has 0 radical (unpaired) electrons. The zero-order valence-corrected chi connectivity index (χ0v) is 19.8. The number of allylic oxidation sites excluding steroid dienone is 1. The van der Waals surface area contributed by atoms with Gasteiger partial charge in [0.25, 0.3) is 0 Å². The summed E-state index contributed by atoms with van der Waals surface area (Å²) in [6.45, 7) is 0.577. The molecule has 0 amide bonds. The lowest BCUT2D eigenvalue weighted by molar-refractivity contribution is 0.103. The van der Waals surface area contributed by atoms with Crippen molar-refractivity contribution in [2.45, 2.75) is 6.42 Å². The van der Waals surface area contributed by atoms with Crippen LogP contribution in [0.25, 0.3) is 22.0 Å². The van der Waals surface area contributed by atoms with E-state index < -0.39 is 5.82 Å². The number of benzene rings is 3. The van der Waals surface area contributed by atoms with Crippen molar-refractivity contribution in [3.8, 4) is 28.4 Å². The van der Waals surface area contributed by atoms with Crippen LogP contribution < -0.4 is 14.2 Å². The Kier molecular flexibility index (Phi) is 6.73. The lowest BCUT2D eigenvalue weighted by Gasteiger charge is -2.21. The molecule has 1 aliphatic heterocycles. The SMILES string of the molecule is COc1ccc(-c2cc3c(c(C(=O)/C=C\[C@@H](CO)Cc4c[nH]c5ccccc45)c2)OCCO3)cc1F. The average Bonchev–Trinajstić information content (AvgIpc) is 3.32. The summed E-state index contributed by atoms with van der Waals surface area (Å²) in [6.07, 6.45) is 5.69. The zero-order valence-electron chi connectivity index (χ0n) is 19.8. The summed E-state index contributed by atoms with van der Waals surface area (Å²) in [7, 11) is 1.41. The van der Waals surface area contributed by atoms with Crippen molar-refractivity contribution in [2.24, 2.45) is 5.92 Å². The van der Waals surface area contributed by atoms with E-state index in [0.717, 1.165) is 16.5 Å². The Balaban J connectivity index is 1.43. The minimum atomic E-state index is -0.499. The van der Waals surface area contributed by atoms with Gasteiger partial charge in [0.05, 0.1) is 12.7 Å². The summed E-state index contributed by atoms with van der Waals surface area (Å²) in [5, 5.41) is 11.1. The second-order valence-electron chi connectivity index (χ2n) is 8.63. The fourth-order valence-electron chi connectivity index (χ4n) is 4.44. The minimum Gasteiger partial charge on any atom is -0.494 e. The van der Waals surface area contributed by atoms with E-state index in [4.69, 9.17) is 14.2 Å². The Morgan fingerprint density at radius 3 is 2.78 bits per heavy atom. The molecule has 7 heteroatoms. The fraction of sp³-hybridized carbons (Fsp3) is 0.207. The number of aliphatic hydroxyl groups is 1. The Hall–Kier alpha value is -4.10. The van der Waals surface area contributed by atoms with Crippen LogP contribution in [0.3, 0.4) is 0 Å². The van der Waals surface area contributed by atoms with Crippen LogP contribution in [0, 0.1) is 11.7 Å². The Labute approximate surface area is 207 Å². The fourth-order valence-corrected chi connectivity index (χ4v) is 4.44. The Morgan fingerprint density at radius 1 is 1.14 bits per heavy atom. The molecule has 6 nitrogen and oxygen atoms in total. The molecule has 0 saturated carbocycles. The second kappa shape index (κ2) is 10.3. The van der Waals surface area contributed by atoms with Gasteiger partial charge in [0, 0.05) is 29.6 Å². The molecule has 4 aromatic rings. The third kappa shape index (κ3) is 4.70. The van der Waals surface area contributed by atoms with Gasteiger partial charge in [0.2, 0.25) is 0 Å². The van der Waals surface area contributed by atoms with Crippen LogP contribution in [0.2, 0.25) is 0 Å². The number of ether oxygens (including phenoxy) is 3. The van der Waals surface area contributed by atoms with Crippen molar-refractivity contribution in [2.75, 3.05) is 26.9 Å². The van der Waals surface area contributed by atoms with Gasteiger partial charge in [0.1, 0.15) is 13.2 Å². The van der Waals surface area contributed by atoms with E-state index in [2.05, 4.69) is 4.98 Å². The number of ketones is 1. The van der Waals surface area contributed by atoms with E-state index in [9.17, 15) is 14.3 Å². The number of methoxy groups -OCH3 is 1. The molecule has 1 atom stereocenters. The van der Waals surface area contributed by atoms with Gasteiger partial charge in [-0.25, -0.2) is 4.39 Å². The third-order valence-electron chi connectivity index (χ3n) is 6.30. The molecule has 0 aliphatic carbocycles. The molecule has 1 aliphatic rings. The first kappa shape index (κ1) is 23.6. The van der Waals surface area contributed by atoms with Gasteiger partial charge in [-0.15, -0.1) is 0 Å². The van der Waals surface area contributed by atoms with Crippen LogP contribution in [0.4, 0.5) is 4.39 Å². The maximum Gasteiger partial charge on any atom is 0.189 e. The van der Waals surface area contributed by atoms with Crippen LogP contribution in [0.5, 0.6) is 17.2 Å². The lowest BCUT2D eigenvalue weighted by Crippen LogP contribution is -2.18. The highest BCUT2D eigenvalue weighted by Crippen LogP contribution is 2.39. The summed E-state index contributed by atoms with van der Waals surface area (Å²) < 4.78 is 30.9. The number of rotatable bonds is 8. The first-order valence-electron chi connectivity index (χ1n) is 11.7. The molecule has 1 aromatic heterocycles. The number of aromatic nitrogens is 1. The van der Waals surface area contributed by atoms with Crippen LogP contribution in [-0.2, 0) is 6.42 Å². The lowest BCUT2D eigenvalue weighted by atomic mass is 9.96. The topological polar surface area (TPSA) is 80.8 Å². The van der Waals surface area contributed by atoms with E-state index in [-0.39, 0.29) is 24.1 Å². The molecule has 0 spiro atoms. The zero-order chi connectivity index (χ0) is 25.1. The highest BCUT2D eigenvalue weighted by atomic mass is 19.1. The standard InChI is InChI=1S/C29H26FNO5/c1-34-27-9-7-19(14-24(27)30)20-13-23(29-28(15-20)35-10-11-36-29)26(33)8-6-18(17-32)12-21-16-31-25-5-3-2-4-22(21)25/h2-9,13-16,18,31-32H,10-12,17H2,1H3/b8-6-/t18-/m1/s1. The first-order chi connectivity index (χ1) is 17.6. The van der Waals surface area contributed by atoms with Crippen molar-refractivity contribution in [1.29, 1.82) is 0 Å². The molecule has 2 N–H and O–H groups in total. The molecular weight excluding hydrogens is 461 g/mol. The molecule has 0 fully saturated rings. The minimum absolute atomic E-state index is 0.105. The number of aromatic amines is 1. The maximum absolute atomic E-state index is 14.4. The number of hydrogen-bond donors (Lipinski definition) is 2. The molecule has 36 heavy (non-hydrogen) atoms. The Morgan fingerprint density at radius 2 is 1.97 bits per heavy atom. The smallest absolute Gasteiger partial charge is 0.189 e. The third-order valence-corrected chi connectivity index (χ3v) is 6.30. The van der Waals surface area contributed by atoms with E-state index in [1.54, 1.807) is 30.3 Å². The van der Waals surface area contributed by atoms with Gasteiger partial charge in [0.15, 0.2) is 28.8 Å².